The third-order valence-electron chi connectivity index (χ3n) is 4.67. The number of ether oxygens (including phenoxy) is 2. The van der Waals surface area contributed by atoms with Crippen molar-refractivity contribution in [1.82, 2.24) is 10.2 Å². The molecular weight excluding hydrogens is 363 g/mol. The molecule has 2 aromatic carbocycles. The number of para-hydroxylation sites is 2. The van der Waals surface area contributed by atoms with E-state index in [1.54, 1.807) is 24.1 Å². The zero-order chi connectivity index (χ0) is 19.9. The van der Waals surface area contributed by atoms with Crippen molar-refractivity contribution in [2.75, 3.05) is 26.8 Å². The first kappa shape index (κ1) is 19.7. The van der Waals surface area contributed by atoms with Gasteiger partial charge in [-0.3, -0.25) is 9.59 Å². The maximum Gasteiger partial charge on any atom is 0.258 e. The van der Waals surface area contributed by atoms with Crippen molar-refractivity contribution in [2.24, 2.45) is 0 Å². The van der Waals surface area contributed by atoms with Gasteiger partial charge in [-0.2, -0.15) is 0 Å². The lowest BCUT2D eigenvalue weighted by Crippen LogP contribution is -2.47. The molecule has 148 valence electrons. The van der Waals surface area contributed by atoms with Gasteiger partial charge in [0.2, 0.25) is 0 Å². The zero-order valence-electron chi connectivity index (χ0n) is 15.7. The van der Waals surface area contributed by atoms with Crippen molar-refractivity contribution in [1.29, 1.82) is 0 Å². The fourth-order valence-electron chi connectivity index (χ4n) is 3.15. The van der Waals surface area contributed by atoms with E-state index in [2.05, 4.69) is 5.32 Å². The lowest BCUT2D eigenvalue weighted by Gasteiger charge is -2.32. The number of amides is 2. The fraction of sp³-hybridized carbons (Fsp3) is 0.333. The maximum atomic E-state index is 13.0. The largest absolute Gasteiger partial charge is 0.493 e. The highest BCUT2D eigenvalue weighted by Crippen LogP contribution is 2.25. The first-order valence-electron chi connectivity index (χ1n) is 9.17. The van der Waals surface area contributed by atoms with E-state index in [9.17, 15) is 14.0 Å². The van der Waals surface area contributed by atoms with Gasteiger partial charge >= 0.3 is 0 Å². The third-order valence-corrected chi connectivity index (χ3v) is 4.67. The Morgan fingerprint density at radius 2 is 1.71 bits per heavy atom. The number of halogens is 1. The Morgan fingerprint density at radius 1 is 1.07 bits per heavy atom. The number of rotatable bonds is 6. The van der Waals surface area contributed by atoms with Gasteiger partial charge in [-0.05, 0) is 49.2 Å². The summed E-state index contributed by atoms with van der Waals surface area (Å²) in [7, 11) is 1.54. The number of carbonyl (C=O) groups is 2. The fourth-order valence-corrected chi connectivity index (χ4v) is 3.15. The highest BCUT2D eigenvalue weighted by Gasteiger charge is 2.24. The van der Waals surface area contributed by atoms with Gasteiger partial charge in [-0.15, -0.1) is 0 Å². The van der Waals surface area contributed by atoms with Crippen LogP contribution in [0.2, 0.25) is 0 Å². The number of nitrogens with zero attached hydrogens (tertiary/aromatic N) is 1. The summed E-state index contributed by atoms with van der Waals surface area (Å²) in [4.78, 5) is 26.3. The summed E-state index contributed by atoms with van der Waals surface area (Å²) in [6, 6.07) is 12.7. The molecule has 1 N–H and O–H groups in total. The normalized spacial score (nSPS) is 14.4. The molecule has 0 bridgehead atoms. The minimum atomic E-state index is -0.367. The highest BCUT2D eigenvalue weighted by molar-refractivity contribution is 5.94. The maximum absolute atomic E-state index is 13.0. The van der Waals surface area contributed by atoms with E-state index in [-0.39, 0.29) is 30.3 Å². The topological polar surface area (TPSA) is 67.9 Å². The van der Waals surface area contributed by atoms with Gasteiger partial charge in [-0.25, -0.2) is 4.39 Å². The predicted molar refractivity (Wildman–Crippen MR) is 102 cm³/mol. The molecule has 0 atom stereocenters. The van der Waals surface area contributed by atoms with Gasteiger partial charge in [0, 0.05) is 24.7 Å². The standard InChI is InChI=1S/C21H23FN2O4/c1-27-18-4-2-3-5-19(18)28-14-20(25)23-17-10-12-24(13-11-17)21(26)15-6-8-16(22)9-7-15/h2-9,17H,10-14H2,1H3,(H,23,25). The van der Waals surface area contributed by atoms with Crippen LogP contribution in [0.4, 0.5) is 4.39 Å². The number of likely N-dealkylation sites (tertiary alicyclic amines) is 1. The van der Waals surface area contributed by atoms with Crippen molar-refractivity contribution >= 4 is 11.8 Å². The molecule has 0 spiro atoms. The van der Waals surface area contributed by atoms with E-state index in [0.717, 1.165) is 0 Å². The molecule has 2 amide bonds. The lowest BCUT2D eigenvalue weighted by atomic mass is 10.0. The molecule has 2 aromatic rings. The second-order valence-electron chi connectivity index (χ2n) is 6.58. The van der Waals surface area contributed by atoms with Gasteiger partial charge in [0.15, 0.2) is 18.1 Å². The molecule has 3 rings (SSSR count). The smallest absolute Gasteiger partial charge is 0.258 e. The van der Waals surface area contributed by atoms with Gasteiger partial charge in [0.1, 0.15) is 5.82 Å². The number of hydrogen-bond donors (Lipinski definition) is 1. The van der Waals surface area contributed by atoms with E-state index >= 15 is 0 Å². The van der Waals surface area contributed by atoms with E-state index in [0.29, 0.717) is 43.0 Å². The van der Waals surface area contributed by atoms with E-state index < -0.39 is 0 Å². The SMILES string of the molecule is COc1ccccc1OCC(=O)NC1CCN(C(=O)c2ccc(F)cc2)CC1. The first-order valence-corrected chi connectivity index (χ1v) is 9.17. The molecule has 0 aliphatic carbocycles. The molecule has 6 nitrogen and oxygen atoms in total. The van der Waals surface area contributed by atoms with Crippen molar-refractivity contribution in [3.63, 3.8) is 0 Å². The van der Waals surface area contributed by atoms with E-state index in [1.165, 1.54) is 24.3 Å². The van der Waals surface area contributed by atoms with Crippen molar-refractivity contribution < 1.29 is 23.5 Å². The van der Waals surface area contributed by atoms with Crippen LogP contribution < -0.4 is 14.8 Å². The minimum absolute atomic E-state index is 0.00830. The predicted octanol–water partition coefficient (Wildman–Crippen LogP) is 2.63. The van der Waals surface area contributed by atoms with Crippen LogP contribution in [0.3, 0.4) is 0 Å². The van der Waals surface area contributed by atoms with Crippen LogP contribution in [-0.2, 0) is 4.79 Å². The van der Waals surface area contributed by atoms with Gasteiger partial charge < -0.3 is 19.7 Å². The molecule has 0 aromatic heterocycles. The Hall–Kier alpha value is -3.09. The molecule has 1 fully saturated rings. The van der Waals surface area contributed by atoms with Crippen LogP contribution in [0.1, 0.15) is 23.2 Å². The minimum Gasteiger partial charge on any atom is -0.493 e. The second-order valence-corrected chi connectivity index (χ2v) is 6.58. The molecule has 28 heavy (non-hydrogen) atoms. The van der Waals surface area contributed by atoms with E-state index in [1.807, 2.05) is 12.1 Å². The number of hydrogen-bond acceptors (Lipinski definition) is 4. The summed E-state index contributed by atoms with van der Waals surface area (Å²) < 4.78 is 23.7. The first-order chi connectivity index (χ1) is 13.6. The molecule has 1 aliphatic heterocycles. The molecular formula is C21H23FN2O4. The molecule has 0 unspecified atom stereocenters. The average molecular weight is 386 g/mol. The third kappa shape index (κ3) is 5.00. The highest BCUT2D eigenvalue weighted by atomic mass is 19.1. The number of methoxy groups -OCH3 is 1. The van der Waals surface area contributed by atoms with Crippen molar-refractivity contribution in [3.8, 4) is 11.5 Å². The number of piperidine rings is 1. The zero-order valence-corrected chi connectivity index (χ0v) is 15.7. The summed E-state index contributed by atoms with van der Waals surface area (Å²) in [6.07, 6.45) is 1.32. The Labute approximate surface area is 163 Å². The van der Waals surface area contributed by atoms with Crippen LogP contribution in [0.5, 0.6) is 11.5 Å². The van der Waals surface area contributed by atoms with Crippen LogP contribution in [0.15, 0.2) is 48.5 Å². The molecule has 1 aliphatic rings. The number of carbonyl (C=O) groups excluding carboxylic acids is 2. The van der Waals surface area contributed by atoms with Crippen LogP contribution in [-0.4, -0.2) is 49.6 Å². The summed E-state index contributed by atoms with van der Waals surface area (Å²) in [5.74, 6) is 0.384. The Morgan fingerprint density at radius 3 is 2.36 bits per heavy atom. The Kier molecular flexibility index (Phi) is 6.47. The molecule has 7 heteroatoms. The van der Waals surface area contributed by atoms with E-state index in [4.69, 9.17) is 9.47 Å². The Balaban J connectivity index is 1.44. The summed E-state index contributed by atoms with van der Waals surface area (Å²) in [5, 5.41) is 2.94. The van der Waals surface area contributed by atoms with Gasteiger partial charge in [0.25, 0.3) is 11.8 Å². The lowest BCUT2D eigenvalue weighted by molar-refractivity contribution is -0.124. The van der Waals surface area contributed by atoms with Crippen LogP contribution >= 0.6 is 0 Å². The quantitative estimate of drug-likeness (QED) is 0.829. The monoisotopic (exact) mass is 386 g/mol. The van der Waals surface area contributed by atoms with Gasteiger partial charge in [-0.1, -0.05) is 12.1 Å². The summed E-state index contributed by atoms with van der Waals surface area (Å²) in [6.45, 7) is 0.970. The summed E-state index contributed by atoms with van der Waals surface area (Å²) in [5.41, 5.74) is 0.467. The molecule has 0 saturated carbocycles. The van der Waals surface area contributed by atoms with Crippen molar-refractivity contribution in [2.45, 2.75) is 18.9 Å². The van der Waals surface area contributed by atoms with Gasteiger partial charge in [0.05, 0.1) is 7.11 Å². The Bertz CT molecular complexity index is 817. The summed E-state index contributed by atoms with van der Waals surface area (Å²) >= 11 is 0. The van der Waals surface area contributed by atoms with Crippen LogP contribution in [0, 0.1) is 5.82 Å². The molecule has 1 heterocycles. The average Bonchev–Trinajstić information content (AvgIpc) is 2.73. The number of benzene rings is 2. The van der Waals surface area contributed by atoms with Crippen molar-refractivity contribution in [3.05, 3.63) is 59.9 Å². The second kappa shape index (κ2) is 9.21. The number of nitrogens with one attached hydrogen (secondary N) is 1. The van der Waals surface area contributed by atoms with Crippen LogP contribution in [0.25, 0.3) is 0 Å². The molecule has 1 saturated heterocycles. The molecule has 0 radical (unpaired) electrons.